The highest BCUT2D eigenvalue weighted by Crippen LogP contribution is 2.25. The van der Waals surface area contributed by atoms with Gasteiger partial charge in [-0.3, -0.25) is 9.58 Å². The SMILES string of the molecule is CN(Cc1nc(N)c2cnn(C)c2n1)C1CCC1. The van der Waals surface area contributed by atoms with Crippen LogP contribution >= 0.6 is 0 Å². The van der Waals surface area contributed by atoms with E-state index in [1.165, 1.54) is 19.3 Å². The van der Waals surface area contributed by atoms with Crippen LogP contribution in [0.25, 0.3) is 11.0 Å². The minimum Gasteiger partial charge on any atom is -0.383 e. The quantitative estimate of drug-likeness (QED) is 0.872. The van der Waals surface area contributed by atoms with Crippen molar-refractivity contribution in [2.24, 2.45) is 7.05 Å². The van der Waals surface area contributed by atoms with E-state index in [4.69, 9.17) is 5.73 Å². The Hall–Kier alpha value is -1.69. The lowest BCUT2D eigenvalue weighted by molar-refractivity contribution is 0.149. The van der Waals surface area contributed by atoms with Gasteiger partial charge in [-0.15, -0.1) is 0 Å². The minimum absolute atomic E-state index is 0.519. The van der Waals surface area contributed by atoms with Gasteiger partial charge in [-0.2, -0.15) is 5.10 Å². The van der Waals surface area contributed by atoms with Crippen LogP contribution < -0.4 is 5.73 Å². The predicted molar refractivity (Wildman–Crippen MR) is 69.8 cm³/mol. The summed E-state index contributed by atoms with van der Waals surface area (Å²) in [6.07, 6.45) is 5.60. The molecule has 96 valence electrons. The molecule has 0 unspecified atom stereocenters. The van der Waals surface area contributed by atoms with E-state index in [1.807, 2.05) is 7.05 Å². The van der Waals surface area contributed by atoms with Gasteiger partial charge in [0.2, 0.25) is 0 Å². The van der Waals surface area contributed by atoms with Gasteiger partial charge in [-0.25, -0.2) is 9.97 Å². The molecule has 2 N–H and O–H groups in total. The zero-order valence-electron chi connectivity index (χ0n) is 10.8. The van der Waals surface area contributed by atoms with E-state index in [0.717, 1.165) is 23.4 Å². The second-order valence-electron chi connectivity index (χ2n) is 5.03. The number of aromatic nitrogens is 4. The predicted octanol–water partition coefficient (Wildman–Crippen LogP) is 0.930. The van der Waals surface area contributed by atoms with E-state index < -0.39 is 0 Å². The Morgan fingerprint density at radius 3 is 2.89 bits per heavy atom. The summed E-state index contributed by atoms with van der Waals surface area (Å²) in [5, 5.41) is 4.99. The maximum atomic E-state index is 5.95. The molecule has 0 aliphatic heterocycles. The first-order chi connectivity index (χ1) is 8.65. The summed E-state index contributed by atoms with van der Waals surface area (Å²) in [7, 11) is 3.99. The van der Waals surface area contributed by atoms with Gasteiger partial charge < -0.3 is 5.73 Å². The standard InChI is InChI=1S/C12H18N6/c1-17(8-4-3-5-8)7-10-15-11(13)9-6-14-18(2)12(9)16-10/h6,8H,3-5,7H2,1-2H3,(H2,13,15,16). The zero-order chi connectivity index (χ0) is 12.7. The second-order valence-corrected chi connectivity index (χ2v) is 5.03. The number of hydrogen-bond acceptors (Lipinski definition) is 5. The molecule has 0 spiro atoms. The number of nitrogens with two attached hydrogens (primary N) is 1. The zero-order valence-corrected chi connectivity index (χ0v) is 10.8. The molecule has 0 radical (unpaired) electrons. The fraction of sp³-hybridized carbons (Fsp3) is 0.583. The largest absolute Gasteiger partial charge is 0.383 e. The molecule has 6 heteroatoms. The Morgan fingerprint density at radius 1 is 1.44 bits per heavy atom. The maximum absolute atomic E-state index is 5.95. The van der Waals surface area contributed by atoms with E-state index >= 15 is 0 Å². The Bertz CT molecular complexity index is 571. The first-order valence-electron chi connectivity index (χ1n) is 6.29. The van der Waals surface area contributed by atoms with Crippen molar-refractivity contribution in [1.82, 2.24) is 24.6 Å². The van der Waals surface area contributed by atoms with Gasteiger partial charge in [0.15, 0.2) is 5.65 Å². The molecule has 0 bridgehead atoms. The second kappa shape index (κ2) is 4.20. The van der Waals surface area contributed by atoms with Gasteiger partial charge in [0.25, 0.3) is 0 Å². The molecule has 3 rings (SSSR count). The smallest absolute Gasteiger partial charge is 0.163 e. The van der Waals surface area contributed by atoms with Crippen LogP contribution in [0.4, 0.5) is 5.82 Å². The van der Waals surface area contributed by atoms with Crippen LogP contribution in [0, 0.1) is 0 Å². The summed E-state index contributed by atoms with van der Waals surface area (Å²) in [5.41, 5.74) is 6.75. The molecular weight excluding hydrogens is 228 g/mol. The highest BCUT2D eigenvalue weighted by Gasteiger charge is 2.23. The van der Waals surface area contributed by atoms with Gasteiger partial charge >= 0.3 is 0 Å². The minimum atomic E-state index is 0.519. The molecule has 1 fully saturated rings. The van der Waals surface area contributed by atoms with E-state index in [2.05, 4.69) is 27.0 Å². The van der Waals surface area contributed by atoms with Crippen LogP contribution in [0.2, 0.25) is 0 Å². The number of fused-ring (bicyclic) bond motifs is 1. The van der Waals surface area contributed by atoms with Crippen molar-refractivity contribution >= 4 is 16.9 Å². The molecule has 1 aliphatic rings. The molecule has 0 aromatic carbocycles. The van der Waals surface area contributed by atoms with Crippen molar-refractivity contribution in [1.29, 1.82) is 0 Å². The van der Waals surface area contributed by atoms with Crippen molar-refractivity contribution in [3.05, 3.63) is 12.0 Å². The molecule has 2 aromatic rings. The van der Waals surface area contributed by atoms with E-state index in [9.17, 15) is 0 Å². The first kappa shape index (κ1) is 11.4. The Kier molecular flexibility index (Phi) is 2.66. The Labute approximate surface area is 106 Å². The summed E-state index contributed by atoms with van der Waals surface area (Å²) in [6.45, 7) is 0.746. The number of nitrogen functional groups attached to an aromatic ring is 1. The topological polar surface area (TPSA) is 72.9 Å². The number of hydrogen-bond donors (Lipinski definition) is 1. The Morgan fingerprint density at radius 2 is 2.22 bits per heavy atom. The number of anilines is 1. The molecule has 0 amide bonds. The van der Waals surface area contributed by atoms with Crippen LogP contribution in [0.5, 0.6) is 0 Å². The van der Waals surface area contributed by atoms with Crippen LogP contribution in [0.1, 0.15) is 25.1 Å². The highest BCUT2D eigenvalue weighted by molar-refractivity contribution is 5.84. The molecule has 1 saturated carbocycles. The molecule has 2 aromatic heterocycles. The normalized spacial score (nSPS) is 16.4. The van der Waals surface area contributed by atoms with Gasteiger partial charge in [0, 0.05) is 13.1 Å². The van der Waals surface area contributed by atoms with E-state index in [-0.39, 0.29) is 0 Å². The van der Waals surface area contributed by atoms with Gasteiger partial charge in [-0.05, 0) is 19.9 Å². The number of nitrogens with zero attached hydrogens (tertiary/aromatic N) is 5. The molecule has 0 saturated heterocycles. The lowest BCUT2D eigenvalue weighted by Gasteiger charge is -2.34. The number of aryl methyl sites for hydroxylation is 1. The van der Waals surface area contributed by atoms with Gasteiger partial charge in [-0.1, -0.05) is 6.42 Å². The van der Waals surface area contributed by atoms with Crippen molar-refractivity contribution in [3.8, 4) is 0 Å². The molecular formula is C12H18N6. The fourth-order valence-corrected chi connectivity index (χ4v) is 2.34. The summed E-state index contributed by atoms with van der Waals surface area (Å²) in [5.74, 6) is 1.29. The van der Waals surface area contributed by atoms with E-state index in [1.54, 1.807) is 10.9 Å². The molecule has 0 atom stereocenters. The van der Waals surface area contributed by atoms with Crippen LogP contribution in [0.3, 0.4) is 0 Å². The van der Waals surface area contributed by atoms with Crippen molar-refractivity contribution in [3.63, 3.8) is 0 Å². The van der Waals surface area contributed by atoms with Gasteiger partial charge in [0.05, 0.1) is 18.1 Å². The molecule has 2 heterocycles. The highest BCUT2D eigenvalue weighted by atomic mass is 15.3. The van der Waals surface area contributed by atoms with Crippen LogP contribution in [-0.2, 0) is 13.6 Å². The van der Waals surface area contributed by atoms with Crippen LogP contribution in [-0.4, -0.2) is 37.7 Å². The molecule has 6 nitrogen and oxygen atoms in total. The van der Waals surface area contributed by atoms with Crippen molar-refractivity contribution in [2.75, 3.05) is 12.8 Å². The summed E-state index contributed by atoms with van der Waals surface area (Å²) >= 11 is 0. The van der Waals surface area contributed by atoms with E-state index in [0.29, 0.717) is 11.9 Å². The summed E-state index contributed by atoms with van der Waals surface area (Å²) < 4.78 is 1.74. The van der Waals surface area contributed by atoms with Crippen molar-refractivity contribution in [2.45, 2.75) is 31.8 Å². The molecule has 18 heavy (non-hydrogen) atoms. The third-order valence-corrected chi connectivity index (χ3v) is 3.76. The maximum Gasteiger partial charge on any atom is 0.163 e. The third-order valence-electron chi connectivity index (χ3n) is 3.76. The third kappa shape index (κ3) is 1.82. The monoisotopic (exact) mass is 246 g/mol. The average molecular weight is 246 g/mol. The fourth-order valence-electron chi connectivity index (χ4n) is 2.34. The van der Waals surface area contributed by atoms with Gasteiger partial charge in [0.1, 0.15) is 11.6 Å². The Balaban J connectivity index is 1.89. The number of rotatable bonds is 3. The lowest BCUT2D eigenvalue weighted by atomic mass is 9.92. The summed E-state index contributed by atoms with van der Waals surface area (Å²) in [6, 6.07) is 0.678. The summed E-state index contributed by atoms with van der Waals surface area (Å²) in [4.78, 5) is 11.2. The van der Waals surface area contributed by atoms with Crippen LogP contribution in [0.15, 0.2) is 6.20 Å². The average Bonchev–Trinajstić information content (AvgIpc) is 2.58. The molecule has 1 aliphatic carbocycles. The first-order valence-corrected chi connectivity index (χ1v) is 6.29. The van der Waals surface area contributed by atoms with Crippen molar-refractivity contribution < 1.29 is 0 Å². The lowest BCUT2D eigenvalue weighted by Crippen LogP contribution is -2.37.